The number of nitrogens with one attached hydrogen (secondary N) is 2. The van der Waals surface area contributed by atoms with Crippen molar-refractivity contribution in [2.24, 2.45) is 5.92 Å². The maximum Gasteiger partial charge on any atom is 0.259 e. The van der Waals surface area contributed by atoms with E-state index in [1.807, 2.05) is 12.1 Å². The minimum atomic E-state index is -0.0197. The fourth-order valence-electron chi connectivity index (χ4n) is 2.98. The van der Waals surface area contributed by atoms with Crippen LogP contribution in [0.4, 0.5) is 5.69 Å². The molecule has 0 spiro atoms. The number of hydrogen-bond acceptors (Lipinski definition) is 4. The van der Waals surface area contributed by atoms with Crippen molar-refractivity contribution in [3.05, 3.63) is 56.4 Å². The Bertz CT molecular complexity index is 942. The van der Waals surface area contributed by atoms with Gasteiger partial charge in [0, 0.05) is 10.6 Å². The molecule has 0 bridgehead atoms. The Labute approximate surface area is 152 Å². The molecule has 0 aliphatic heterocycles. The van der Waals surface area contributed by atoms with Gasteiger partial charge in [0.25, 0.3) is 5.56 Å². The zero-order valence-electron chi connectivity index (χ0n) is 15.3. The summed E-state index contributed by atoms with van der Waals surface area (Å²) in [6.07, 6.45) is 2.05. The number of thiophene rings is 1. The Morgan fingerprint density at radius 1 is 1.32 bits per heavy atom. The normalized spacial score (nSPS) is 12.5. The van der Waals surface area contributed by atoms with Gasteiger partial charge in [-0.15, -0.1) is 11.3 Å². The monoisotopic (exact) mass is 355 g/mol. The molecule has 3 aromatic rings. The fourth-order valence-corrected chi connectivity index (χ4v) is 4.06. The number of H-pyrrole nitrogens is 1. The first-order valence-electron chi connectivity index (χ1n) is 8.79. The second-order valence-electron chi connectivity index (χ2n) is 6.77. The SMILES string of the molecule is CCC(C)Cc1c(C)sc2nc(CNc3cccc(C)c3)[nH]c(=O)c12. The summed E-state index contributed by atoms with van der Waals surface area (Å²) in [6, 6.07) is 8.17. The number of anilines is 1. The standard InChI is InChI=1S/C20H25N3OS/c1-5-12(2)10-16-14(4)25-20-18(16)19(24)22-17(23-20)11-21-15-8-6-7-13(3)9-15/h6-9,12,21H,5,10-11H2,1-4H3,(H,22,23,24). The van der Waals surface area contributed by atoms with Crippen molar-refractivity contribution >= 4 is 27.2 Å². The smallest absolute Gasteiger partial charge is 0.259 e. The zero-order valence-corrected chi connectivity index (χ0v) is 16.1. The predicted molar refractivity (Wildman–Crippen MR) is 107 cm³/mol. The van der Waals surface area contributed by atoms with Gasteiger partial charge >= 0.3 is 0 Å². The molecule has 0 amide bonds. The van der Waals surface area contributed by atoms with Gasteiger partial charge in [0.05, 0.1) is 11.9 Å². The second-order valence-corrected chi connectivity index (χ2v) is 7.97. The number of aromatic nitrogens is 2. The van der Waals surface area contributed by atoms with E-state index in [2.05, 4.69) is 55.1 Å². The molecule has 2 heterocycles. The minimum absolute atomic E-state index is 0.0197. The van der Waals surface area contributed by atoms with Gasteiger partial charge in [-0.05, 0) is 49.4 Å². The second kappa shape index (κ2) is 7.40. The van der Waals surface area contributed by atoms with Crippen molar-refractivity contribution in [2.45, 2.75) is 47.1 Å². The van der Waals surface area contributed by atoms with Gasteiger partial charge in [-0.2, -0.15) is 0 Å². The summed E-state index contributed by atoms with van der Waals surface area (Å²) in [6.45, 7) is 9.07. The van der Waals surface area contributed by atoms with E-state index in [1.54, 1.807) is 11.3 Å². The van der Waals surface area contributed by atoms with Gasteiger partial charge in [-0.3, -0.25) is 4.79 Å². The molecule has 0 radical (unpaired) electrons. The van der Waals surface area contributed by atoms with E-state index < -0.39 is 0 Å². The van der Waals surface area contributed by atoms with E-state index >= 15 is 0 Å². The number of benzene rings is 1. The van der Waals surface area contributed by atoms with Gasteiger partial charge in [0.2, 0.25) is 0 Å². The lowest BCUT2D eigenvalue weighted by Crippen LogP contribution is -2.15. The average Bonchev–Trinajstić information content (AvgIpc) is 2.89. The number of aromatic amines is 1. The first kappa shape index (κ1) is 17.7. The van der Waals surface area contributed by atoms with E-state index in [0.717, 1.165) is 28.7 Å². The van der Waals surface area contributed by atoms with Gasteiger partial charge in [-0.25, -0.2) is 4.98 Å². The lowest BCUT2D eigenvalue weighted by molar-refractivity contribution is 0.561. The molecule has 1 unspecified atom stereocenters. The number of rotatable bonds is 6. The van der Waals surface area contributed by atoms with Crippen LogP contribution in [0.2, 0.25) is 0 Å². The largest absolute Gasteiger partial charge is 0.378 e. The van der Waals surface area contributed by atoms with Crippen LogP contribution in [0.5, 0.6) is 0 Å². The van der Waals surface area contributed by atoms with Crippen LogP contribution >= 0.6 is 11.3 Å². The molecule has 1 aromatic carbocycles. The summed E-state index contributed by atoms with van der Waals surface area (Å²) in [7, 11) is 0. The van der Waals surface area contributed by atoms with E-state index in [4.69, 9.17) is 0 Å². The van der Waals surface area contributed by atoms with Crippen molar-refractivity contribution in [3.63, 3.8) is 0 Å². The highest BCUT2D eigenvalue weighted by Crippen LogP contribution is 2.29. The lowest BCUT2D eigenvalue weighted by Gasteiger charge is -2.09. The molecule has 132 valence electrons. The van der Waals surface area contributed by atoms with Crippen LogP contribution in [0, 0.1) is 19.8 Å². The van der Waals surface area contributed by atoms with Crippen molar-refractivity contribution < 1.29 is 0 Å². The molecule has 4 nitrogen and oxygen atoms in total. The molecular formula is C20H25N3OS. The Hall–Kier alpha value is -2.14. The first-order valence-corrected chi connectivity index (χ1v) is 9.61. The summed E-state index contributed by atoms with van der Waals surface area (Å²) in [4.78, 5) is 22.4. The number of hydrogen-bond donors (Lipinski definition) is 2. The molecule has 1 atom stereocenters. The van der Waals surface area contributed by atoms with Crippen LogP contribution in [0.15, 0.2) is 29.1 Å². The van der Waals surface area contributed by atoms with E-state index in [-0.39, 0.29) is 5.56 Å². The van der Waals surface area contributed by atoms with Crippen LogP contribution in [0.1, 0.15) is 42.1 Å². The highest BCUT2D eigenvalue weighted by molar-refractivity contribution is 7.18. The third-order valence-electron chi connectivity index (χ3n) is 4.64. The minimum Gasteiger partial charge on any atom is -0.378 e. The molecule has 0 aliphatic carbocycles. The molecule has 0 aliphatic rings. The fraction of sp³-hybridized carbons (Fsp3) is 0.400. The van der Waals surface area contributed by atoms with Crippen LogP contribution in [0.25, 0.3) is 10.2 Å². The summed E-state index contributed by atoms with van der Waals surface area (Å²) < 4.78 is 0. The molecular weight excluding hydrogens is 330 g/mol. The summed E-state index contributed by atoms with van der Waals surface area (Å²) >= 11 is 1.62. The van der Waals surface area contributed by atoms with Crippen LogP contribution < -0.4 is 10.9 Å². The Kier molecular flexibility index (Phi) is 5.23. The maximum atomic E-state index is 12.7. The van der Waals surface area contributed by atoms with Crippen molar-refractivity contribution in [3.8, 4) is 0 Å². The number of nitrogens with zero attached hydrogens (tertiary/aromatic N) is 1. The summed E-state index contributed by atoms with van der Waals surface area (Å²) in [5, 5.41) is 4.11. The number of fused-ring (bicyclic) bond motifs is 1. The van der Waals surface area contributed by atoms with E-state index in [9.17, 15) is 4.79 Å². The van der Waals surface area contributed by atoms with Crippen LogP contribution in [-0.2, 0) is 13.0 Å². The van der Waals surface area contributed by atoms with E-state index in [0.29, 0.717) is 18.3 Å². The van der Waals surface area contributed by atoms with Gasteiger partial charge in [0.15, 0.2) is 0 Å². The van der Waals surface area contributed by atoms with Crippen LogP contribution in [0.3, 0.4) is 0 Å². The summed E-state index contributed by atoms with van der Waals surface area (Å²) in [5.74, 6) is 1.24. The van der Waals surface area contributed by atoms with E-state index in [1.165, 1.54) is 16.0 Å². The third kappa shape index (κ3) is 3.93. The molecule has 3 rings (SSSR count). The molecule has 0 fully saturated rings. The van der Waals surface area contributed by atoms with Crippen molar-refractivity contribution in [1.82, 2.24) is 9.97 Å². The van der Waals surface area contributed by atoms with Crippen LogP contribution in [-0.4, -0.2) is 9.97 Å². The molecule has 2 N–H and O–H groups in total. The first-order chi connectivity index (χ1) is 12.0. The molecule has 0 saturated carbocycles. The quantitative estimate of drug-likeness (QED) is 0.667. The molecule has 2 aromatic heterocycles. The highest BCUT2D eigenvalue weighted by atomic mass is 32.1. The van der Waals surface area contributed by atoms with Crippen molar-refractivity contribution in [1.29, 1.82) is 0 Å². The van der Waals surface area contributed by atoms with Gasteiger partial charge in [-0.1, -0.05) is 32.4 Å². The molecule has 0 saturated heterocycles. The highest BCUT2D eigenvalue weighted by Gasteiger charge is 2.16. The Morgan fingerprint density at radius 3 is 2.84 bits per heavy atom. The Balaban J connectivity index is 1.88. The lowest BCUT2D eigenvalue weighted by atomic mass is 9.98. The number of aryl methyl sites for hydroxylation is 2. The average molecular weight is 356 g/mol. The predicted octanol–water partition coefficient (Wildman–Crippen LogP) is 4.80. The molecule has 5 heteroatoms. The zero-order chi connectivity index (χ0) is 18.0. The third-order valence-corrected chi connectivity index (χ3v) is 5.68. The maximum absolute atomic E-state index is 12.7. The summed E-state index contributed by atoms with van der Waals surface area (Å²) in [5.41, 5.74) is 3.38. The van der Waals surface area contributed by atoms with Gasteiger partial charge in [0.1, 0.15) is 10.7 Å². The molecule has 25 heavy (non-hydrogen) atoms. The Morgan fingerprint density at radius 2 is 2.12 bits per heavy atom. The van der Waals surface area contributed by atoms with Crippen molar-refractivity contribution in [2.75, 3.05) is 5.32 Å². The topological polar surface area (TPSA) is 57.8 Å². The van der Waals surface area contributed by atoms with Gasteiger partial charge < -0.3 is 10.3 Å².